The number of carboxylic acid groups (broad SMARTS) is 1. The van der Waals surface area contributed by atoms with Gasteiger partial charge in [0.15, 0.2) is 11.5 Å². The second-order valence-corrected chi connectivity index (χ2v) is 7.44. The number of hydrogen-bond donors (Lipinski definition) is 1. The van der Waals surface area contributed by atoms with Gasteiger partial charge in [0.25, 0.3) is 0 Å². The van der Waals surface area contributed by atoms with E-state index in [2.05, 4.69) is 15.0 Å². The topological polar surface area (TPSA) is 80.9 Å². The van der Waals surface area contributed by atoms with E-state index in [0.717, 1.165) is 18.5 Å². The van der Waals surface area contributed by atoms with E-state index in [9.17, 15) is 9.90 Å². The van der Waals surface area contributed by atoms with Crippen molar-refractivity contribution in [2.24, 2.45) is 0 Å². The first-order valence-corrected chi connectivity index (χ1v) is 9.26. The second kappa shape index (κ2) is 6.94. The molecule has 0 amide bonds. The fraction of sp³-hybridized carbons (Fsp3) is 0.263. The van der Waals surface area contributed by atoms with Crippen molar-refractivity contribution in [3.05, 3.63) is 63.3 Å². The van der Waals surface area contributed by atoms with Gasteiger partial charge in [-0.2, -0.15) is 0 Å². The molecule has 1 aromatic carbocycles. The minimum atomic E-state index is -1.06. The lowest BCUT2D eigenvalue weighted by Gasteiger charge is -2.12. The number of benzene rings is 1. The number of hydrogen-bond acceptors (Lipinski definition) is 4. The number of rotatable bonds is 5. The fourth-order valence-electron chi connectivity index (χ4n) is 3.09. The highest BCUT2D eigenvalue weighted by molar-refractivity contribution is 6.33. The molecular formula is C19H16Cl2N4O2. The number of carbonyl (C=O) groups is 1. The van der Waals surface area contributed by atoms with E-state index in [4.69, 9.17) is 23.2 Å². The normalized spacial score (nSPS) is 13.7. The number of aromatic carboxylic acids is 1. The number of aryl methyl sites for hydroxylation is 1. The fourth-order valence-corrected chi connectivity index (χ4v) is 3.46. The maximum atomic E-state index is 11.9. The van der Waals surface area contributed by atoms with E-state index < -0.39 is 5.97 Å². The van der Waals surface area contributed by atoms with Crippen molar-refractivity contribution in [2.75, 3.05) is 0 Å². The number of imidazole rings is 1. The molecule has 1 saturated carbocycles. The van der Waals surface area contributed by atoms with Crippen LogP contribution in [0.25, 0.3) is 11.5 Å². The summed E-state index contributed by atoms with van der Waals surface area (Å²) >= 11 is 12.4. The third-order valence-electron chi connectivity index (χ3n) is 4.56. The number of halogens is 2. The maximum Gasteiger partial charge on any atom is 0.354 e. The second-order valence-electron chi connectivity index (χ2n) is 6.60. The van der Waals surface area contributed by atoms with Crippen LogP contribution in [0.4, 0.5) is 0 Å². The Morgan fingerprint density at radius 3 is 2.74 bits per heavy atom. The van der Waals surface area contributed by atoms with Gasteiger partial charge in [0.2, 0.25) is 0 Å². The van der Waals surface area contributed by atoms with Gasteiger partial charge in [0.1, 0.15) is 5.69 Å². The number of carboxylic acids is 1. The zero-order chi connectivity index (χ0) is 19.1. The molecule has 0 radical (unpaired) electrons. The van der Waals surface area contributed by atoms with Crippen molar-refractivity contribution in [1.82, 2.24) is 19.5 Å². The third-order valence-corrected chi connectivity index (χ3v) is 5.16. The van der Waals surface area contributed by atoms with Crippen molar-refractivity contribution in [3.63, 3.8) is 0 Å². The van der Waals surface area contributed by atoms with E-state index >= 15 is 0 Å². The summed E-state index contributed by atoms with van der Waals surface area (Å²) in [4.78, 5) is 25.3. The van der Waals surface area contributed by atoms with Crippen LogP contribution in [-0.2, 0) is 6.54 Å². The summed E-state index contributed by atoms with van der Waals surface area (Å²) < 4.78 is 1.61. The van der Waals surface area contributed by atoms with Gasteiger partial charge in [-0.25, -0.2) is 14.8 Å². The van der Waals surface area contributed by atoms with Crippen LogP contribution in [0, 0.1) is 6.92 Å². The van der Waals surface area contributed by atoms with Gasteiger partial charge in [-0.05, 0) is 43.5 Å². The molecule has 2 aromatic heterocycles. The Hall–Kier alpha value is -2.44. The minimum absolute atomic E-state index is 0.0969. The number of nitrogens with zero attached hydrogens (tertiary/aromatic N) is 4. The Labute approximate surface area is 165 Å². The summed E-state index contributed by atoms with van der Waals surface area (Å²) in [5.41, 5.74) is 2.68. The van der Waals surface area contributed by atoms with Gasteiger partial charge >= 0.3 is 5.97 Å². The van der Waals surface area contributed by atoms with Crippen molar-refractivity contribution in [2.45, 2.75) is 32.2 Å². The van der Waals surface area contributed by atoms with Gasteiger partial charge in [-0.15, -0.1) is 0 Å². The van der Waals surface area contributed by atoms with Crippen LogP contribution in [0.15, 0.2) is 30.6 Å². The summed E-state index contributed by atoms with van der Waals surface area (Å²) in [7, 11) is 0. The highest BCUT2D eigenvalue weighted by Crippen LogP contribution is 2.39. The van der Waals surface area contributed by atoms with Crippen LogP contribution in [-0.4, -0.2) is 30.6 Å². The van der Waals surface area contributed by atoms with E-state index in [1.807, 2.05) is 0 Å². The smallest absolute Gasteiger partial charge is 0.354 e. The first kappa shape index (κ1) is 17.9. The molecule has 4 rings (SSSR count). The molecule has 2 heterocycles. The van der Waals surface area contributed by atoms with Gasteiger partial charge in [-0.3, -0.25) is 4.98 Å². The molecule has 138 valence electrons. The third kappa shape index (κ3) is 3.55. The maximum absolute atomic E-state index is 11.9. The quantitative estimate of drug-likeness (QED) is 0.675. The molecule has 1 aliphatic rings. The predicted octanol–water partition coefficient (Wildman–Crippen LogP) is 4.58. The van der Waals surface area contributed by atoms with Crippen LogP contribution in [0.1, 0.15) is 46.2 Å². The molecule has 0 atom stereocenters. The highest BCUT2D eigenvalue weighted by atomic mass is 35.5. The molecule has 3 aromatic rings. The summed E-state index contributed by atoms with van der Waals surface area (Å²) in [6, 6.07) is 5.10. The minimum Gasteiger partial charge on any atom is -0.477 e. The molecule has 8 heteroatoms. The lowest BCUT2D eigenvalue weighted by atomic mass is 10.2. The van der Waals surface area contributed by atoms with Crippen LogP contribution >= 0.6 is 23.2 Å². The zero-order valence-corrected chi connectivity index (χ0v) is 16.0. The first-order chi connectivity index (χ1) is 12.9. The first-order valence-electron chi connectivity index (χ1n) is 8.50. The monoisotopic (exact) mass is 402 g/mol. The van der Waals surface area contributed by atoms with Gasteiger partial charge in [0, 0.05) is 22.2 Å². The van der Waals surface area contributed by atoms with Crippen LogP contribution in [0.3, 0.4) is 0 Å². The average Bonchev–Trinajstić information content (AvgIpc) is 3.42. The predicted molar refractivity (Wildman–Crippen MR) is 102 cm³/mol. The lowest BCUT2D eigenvalue weighted by Crippen LogP contribution is -2.12. The summed E-state index contributed by atoms with van der Waals surface area (Å²) in [5, 5.41) is 10.7. The van der Waals surface area contributed by atoms with Crippen molar-refractivity contribution in [1.29, 1.82) is 0 Å². The Bertz CT molecular complexity index is 1040. The molecule has 0 spiro atoms. The molecule has 1 fully saturated rings. The van der Waals surface area contributed by atoms with E-state index in [0.29, 0.717) is 38.7 Å². The van der Waals surface area contributed by atoms with Crippen molar-refractivity contribution >= 4 is 29.2 Å². The van der Waals surface area contributed by atoms with Crippen molar-refractivity contribution < 1.29 is 9.90 Å². The summed E-state index contributed by atoms with van der Waals surface area (Å²) in [5.74, 6) is -0.171. The molecule has 1 N–H and O–H groups in total. The Morgan fingerprint density at radius 2 is 2.04 bits per heavy atom. The average molecular weight is 403 g/mol. The standard InChI is InChI=1S/C19H16Cl2N4O2/c1-10-17(19(26)27)25(9-12-6-13(20)4-5-14(12)21)18(23-10)16-8-22-7-15(24-16)11-2-3-11/h4-8,11H,2-3,9H2,1H3,(H,26,27). The molecule has 0 aliphatic heterocycles. The lowest BCUT2D eigenvalue weighted by molar-refractivity contribution is 0.0685. The Balaban J connectivity index is 1.85. The van der Waals surface area contributed by atoms with E-state index in [1.54, 1.807) is 42.1 Å². The molecule has 27 heavy (non-hydrogen) atoms. The molecule has 0 unspecified atom stereocenters. The largest absolute Gasteiger partial charge is 0.477 e. The SMILES string of the molecule is Cc1nc(-c2cncc(C3CC3)n2)n(Cc2cc(Cl)ccc2Cl)c1C(=O)O. The van der Waals surface area contributed by atoms with E-state index in [-0.39, 0.29) is 12.2 Å². The Kier molecular flexibility index (Phi) is 4.61. The molecular weight excluding hydrogens is 387 g/mol. The van der Waals surface area contributed by atoms with Crippen LogP contribution < -0.4 is 0 Å². The summed E-state index contributed by atoms with van der Waals surface area (Å²) in [6.07, 6.45) is 5.57. The van der Waals surface area contributed by atoms with Gasteiger partial charge in [-0.1, -0.05) is 23.2 Å². The molecule has 1 aliphatic carbocycles. The van der Waals surface area contributed by atoms with Gasteiger partial charge in [0.05, 0.1) is 24.1 Å². The highest BCUT2D eigenvalue weighted by Gasteiger charge is 2.27. The van der Waals surface area contributed by atoms with Crippen LogP contribution in [0.2, 0.25) is 10.0 Å². The summed E-state index contributed by atoms with van der Waals surface area (Å²) in [6.45, 7) is 1.88. The zero-order valence-electron chi connectivity index (χ0n) is 14.5. The molecule has 6 nitrogen and oxygen atoms in total. The van der Waals surface area contributed by atoms with Crippen molar-refractivity contribution in [3.8, 4) is 11.5 Å². The van der Waals surface area contributed by atoms with E-state index in [1.165, 1.54) is 0 Å². The Morgan fingerprint density at radius 1 is 1.26 bits per heavy atom. The van der Waals surface area contributed by atoms with Crippen LogP contribution in [0.5, 0.6) is 0 Å². The molecule has 0 bridgehead atoms. The molecule has 0 saturated heterocycles. The number of aromatic nitrogens is 4. The van der Waals surface area contributed by atoms with Gasteiger partial charge < -0.3 is 9.67 Å².